The van der Waals surface area contributed by atoms with Crippen LogP contribution in [0.4, 0.5) is 5.82 Å². The van der Waals surface area contributed by atoms with Crippen molar-refractivity contribution >= 4 is 29.2 Å². The van der Waals surface area contributed by atoms with Gasteiger partial charge in [-0.3, -0.25) is 4.79 Å². The summed E-state index contributed by atoms with van der Waals surface area (Å²) < 4.78 is 0. The topological polar surface area (TPSA) is 88.6 Å². The number of hydrogen-bond acceptors (Lipinski definition) is 6. The summed E-state index contributed by atoms with van der Waals surface area (Å²) in [7, 11) is 0. The van der Waals surface area contributed by atoms with E-state index in [1.165, 1.54) is 0 Å². The molecule has 5 nitrogen and oxygen atoms in total. The molecule has 0 unspecified atom stereocenters. The molecule has 0 bridgehead atoms. The van der Waals surface area contributed by atoms with Gasteiger partial charge in [-0.15, -0.1) is 11.3 Å². The van der Waals surface area contributed by atoms with Crippen molar-refractivity contribution in [1.82, 2.24) is 4.98 Å². The van der Waals surface area contributed by atoms with E-state index >= 15 is 0 Å². The van der Waals surface area contributed by atoms with E-state index in [1.807, 2.05) is 0 Å². The molecule has 1 aromatic rings. The minimum absolute atomic E-state index is 0.105. The summed E-state index contributed by atoms with van der Waals surface area (Å²) in [5.41, 5.74) is 5.17. The third kappa shape index (κ3) is 1.53. The summed E-state index contributed by atoms with van der Waals surface area (Å²) in [6, 6.07) is 0. The lowest BCUT2D eigenvalue weighted by molar-refractivity contribution is -0.102. The first kappa shape index (κ1) is 7.67. The van der Waals surface area contributed by atoms with Crippen molar-refractivity contribution in [2.24, 2.45) is 5.16 Å². The Labute approximate surface area is 66.2 Å². The average molecular weight is 171 g/mol. The molecule has 1 rings (SSSR count). The van der Waals surface area contributed by atoms with Crippen LogP contribution >= 0.6 is 11.3 Å². The summed E-state index contributed by atoms with van der Waals surface area (Å²) >= 11 is 1.15. The number of anilines is 1. The lowest BCUT2D eigenvalue weighted by Crippen LogP contribution is -2.01. The first-order valence-electron chi connectivity index (χ1n) is 2.66. The Kier molecular flexibility index (Phi) is 2.17. The van der Waals surface area contributed by atoms with Gasteiger partial charge in [0.2, 0.25) is 0 Å². The summed E-state index contributed by atoms with van der Waals surface area (Å²) in [5.74, 6) is 0.313. The van der Waals surface area contributed by atoms with Crippen LogP contribution in [0.5, 0.6) is 0 Å². The molecule has 0 aliphatic carbocycles. The van der Waals surface area contributed by atoms with E-state index in [9.17, 15) is 4.79 Å². The minimum Gasteiger partial charge on any atom is -0.410 e. The zero-order valence-corrected chi connectivity index (χ0v) is 6.21. The van der Waals surface area contributed by atoms with Crippen LogP contribution in [-0.2, 0) is 4.79 Å². The Morgan fingerprint density at radius 3 is 3.00 bits per heavy atom. The second kappa shape index (κ2) is 3.11. The largest absolute Gasteiger partial charge is 0.410 e. The Bertz CT molecular complexity index is 294. The van der Waals surface area contributed by atoms with E-state index < -0.39 is 0 Å². The third-order valence-electron chi connectivity index (χ3n) is 0.960. The molecule has 0 radical (unpaired) electrons. The lowest BCUT2D eigenvalue weighted by atomic mass is 10.4. The monoisotopic (exact) mass is 171 g/mol. The number of hydrogen-bond donors (Lipinski definition) is 2. The highest BCUT2D eigenvalue weighted by Crippen LogP contribution is 2.10. The molecule has 0 aliphatic rings. The maximum Gasteiger partial charge on any atom is 0.178 e. The van der Waals surface area contributed by atoms with Crippen LogP contribution < -0.4 is 5.73 Å². The number of nitrogens with two attached hydrogens (primary N) is 1. The Morgan fingerprint density at radius 1 is 1.91 bits per heavy atom. The van der Waals surface area contributed by atoms with E-state index in [0.717, 1.165) is 11.3 Å². The molecule has 0 amide bonds. The first-order valence-corrected chi connectivity index (χ1v) is 3.54. The number of nitrogens with zero attached hydrogens (tertiary/aromatic N) is 2. The van der Waals surface area contributed by atoms with Gasteiger partial charge in [0.15, 0.2) is 17.0 Å². The summed E-state index contributed by atoms with van der Waals surface area (Å²) in [6.07, 6.45) is 0.415. The van der Waals surface area contributed by atoms with E-state index in [0.29, 0.717) is 17.1 Å². The predicted octanol–water partition coefficient (Wildman–Crippen LogP) is 0.103. The Balaban J connectivity index is 3.00. The van der Waals surface area contributed by atoms with E-state index in [2.05, 4.69) is 10.1 Å². The second-order valence-corrected chi connectivity index (χ2v) is 2.54. The SMILES string of the molecule is Nc1csc(C(C=O)=NO)n1. The maximum atomic E-state index is 10.2. The smallest absolute Gasteiger partial charge is 0.178 e. The van der Waals surface area contributed by atoms with Gasteiger partial charge >= 0.3 is 0 Å². The van der Waals surface area contributed by atoms with E-state index in [-0.39, 0.29) is 5.71 Å². The average Bonchev–Trinajstić information content (AvgIpc) is 2.39. The van der Waals surface area contributed by atoms with Crippen molar-refractivity contribution in [3.05, 3.63) is 10.4 Å². The van der Waals surface area contributed by atoms with Crippen molar-refractivity contribution in [2.45, 2.75) is 0 Å². The lowest BCUT2D eigenvalue weighted by Gasteiger charge is -1.85. The standard InChI is InChI=1S/C5H5N3O2S/c6-4-2-11-5(7-4)3(1-9)8-10/h1-2,10H,6H2. The molecule has 0 saturated heterocycles. The van der Waals surface area contributed by atoms with Crippen molar-refractivity contribution in [1.29, 1.82) is 0 Å². The summed E-state index contributed by atoms with van der Waals surface area (Å²) in [5, 5.41) is 12.9. The van der Waals surface area contributed by atoms with Crippen LogP contribution in [0.2, 0.25) is 0 Å². The van der Waals surface area contributed by atoms with Crippen molar-refractivity contribution in [3.8, 4) is 0 Å². The molecule has 58 valence electrons. The molecule has 0 aliphatic heterocycles. The molecular weight excluding hydrogens is 166 g/mol. The summed E-state index contributed by atoms with van der Waals surface area (Å²) in [6.45, 7) is 0. The van der Waals surface area contributed by atoms with Gasteiger partial charge in [-0.05, 0) is 0 Å². The second-order valence-electron chi connectivity index (χ2n) is 1.68. The van der Waals surface area contributed by atoms with Gasteiger partial charge in [0.1, 0.15) is 5.82 Å². The number of nitrogen functional groups attached to an aromatic ring is 1. The van der Waals surface area contributed by atoms with Gasteiger partial charge in [0.05, 0.1) is 0 Å². The molecule has 11 heavy (non-hydrogen) atoms. The van der Waals surface area contributed by atoms with Gasteiger partial charge in [0, 0.05) is 5.38 Å². The highest BCUT2D eigenvalue weighted by Gasteiger charge is 2.06. The molecule has 0 atom stereocenters. The molecule has 1 aromatic heterocycles. The number of carbonyl (C=O) groups is 1. The molecule has 0 fully saturated rings. The molecule has 3 N–H and O–H groups in total. The number of aromatic nitrogens is 1. The number of carbonyl (C=O) groups excluding carboxylic acids is 1. The highest BCUT2D eigenvalue weighted by molar-refractivity contribution is 7.12. The van der Waals surface area contributed by atoms with Crippen LogP contribution in [0.3, 0.4) is 0 Å². The van der Waals surface area contributed by atoms with Gasteiger partial charge in [-0.25, -0.2) is 4.98 Å². The number of aldehydes is 1. The van der Waals surface area contributed by atoms with Crippen molar-refractivity contribution in [3.63, 3.8) is 0 Å². The van der Waals surface area contributed by atoms with E-state index in [4.69, 9.17) is 10.9 Å². The van der Waals surface area contributed by atoms with Crippen LogP contribution in [0.25, 0.3) is 0 Å². The van der Waals surface area contributed by atoms with Gasteiger partial charge in [-0.2, -0.15) is 0 Å². The quantitative estimate of drug-likeness (QED) is 0.286. The summed E-state index contributed by atoms with van der Waals surface area (Å²) in [4.78, 5) is 13.9. The molecule has 0 aromatic carbocycles. The number of oxime groups is 1. The fourth-order valence-electron chi connectivity index (χ4n) is 0.521. The van der Waals surface area contributed by atoms with Gasteiger partial charge < -0.3 is 10.9 Å². The highest BCUT2D eigenvalue weighted by atomic mass is 32.1. The minimum atomic E-state index is -0.105. The maximum absolute atomic E-state index is 10.2. The number of thiazole rings is 1. The van der Waals surface area contributed by atoms with Crippen LogP contribution in [-0.4, -0.2) is 22.2 Å². The van der Waals surface area contributed by atoms with Crippen LogP contribution in [0.1, 0.15) is 5.01 Å². The third-order valence-corrected chi connectivity index (χ3v) is 1.84. The van der Waals surface area contributed by atoms with Crippen LogP contribution in [0.15, 0.2) is 10.5 Å². The zero-order chi connectivity index (χ0) is 8.27. The molecule has 0 saturated carbocycles. The zero-order valence-electron chi connectivity index (χ0n) is 5.39. The van der Waals surface area contributed by atoms with Crippen LogP contribution in [0, 0.1) is 0 Å². The van der Waals surface area contributed by atoms with Gasteiger partial charge in [-0.1, -0.05) is 5.16 Å². The van der Waals surface area contributed by atoms with Crippen molar-refractivity contribution < 1.29 is 10.0 Å². The molecule has 1 heterocycles. The molecule has 0 spiro atoms. The first-order chi connectivity index (χ1) is 5.27. The molecular formula is C5H5N3O2S. The Morgan fingerprint density at radius 2 is 2.64 bits per heavy atom. The fourth-order valence-corrected chi connectivity index (χ4v) is 1.17. The van der Waals surface area contributed by atoms with Gasteiger partial charge in [0.25, 0.3) is 0 Å². The fraction of sp³-hybridized carbons (Fsp3) is 0. The number of rotatable bonds is 2. The van der Waals surface area contributed by atoms with Crippen molar-refractivity contribution in [2.75, 3.05) is 5.73 Å². The normalized spacial score (nSPS) is 11.5. The molecule has 6 heteroatoms. The Hall–Kier alpha value is -1.43. The van der Waals surface area contributed by atoms with E-state index in [1.54, 1.807) is 5.38 Å². The predicted molar refractivity (Wildman–Crippen MR) is 40.9 cm³/mol.